The Morgan fingerprint density at radius 2 is 1.71 bits per heavy atom. The predicted molar refractivity (Wildman–Crippen MR) is 159 cm³/mol. The van der Waals surface area contributed by atoms with Gasteiger partial charge in [0.15, 0.2) is 9.84 Å². The van der Waals surface area contributed by atoms with Gasteiger partial charge in [0.1, 0.15) is 11.4 Å². The van der Waals surface area contributed by atoms with Crippen molar-refractivity contribution in [2.45, 2.75) is 61.9 Å². The first-order chi connectivity index (χ1) is 19.5. The molecule has 214 valence electrons. The van der Waals surface area contributed by atoms with Crippen LogP contribution in [-0.4, -0.2) is 59.8 Å². The van der Waals surface area contributed by atoms with Crippen LogP contribution in [0.5, 0.6) is 0 Å². The average Bonchev–Trinajstić information content (AvgIpc) is 3.21. The molecule has 0 aliphatic carbocycles. The number of nitrogens with zero attached hydrogens (tertiary/aromatic N) is 3. The highest BCUT2D eigenvalue weighted by atomic mass is 32.2. The smallest absolute Gasteiger partial charge is 0.407 e. The van der Waals surface area contributed by atoms with Crippen molar-refractivity contribution in [3.8, 4) is 11.1 Å². The lowest BCUT2D eigenvalue weighted by atomic mass is 9.80. The van der Waals surface area contributed by atoms with E-state index in [-0.39, 0.29) is 17.5 Å². The number of para-hydroxylation sites is 1. The number of hydrogen-bond donors (Lipinski definition) is 2. The van der Waals surface area contributed by atoms with Crippen LogP contribution in [0.4, 0.5) is 15.3 Å². The normalized spacial score (nSPS) is 20.9. The maximum atomic E-state index is 13.7. The summed E-state index contributed by atoms with van der Waals surface area (Å²) in [5, 5.41) is 12.6. The number of urea groups is 1. The Kier molecular flexibility index (Phi) is 7.61. The second kappa shape index (κ2) is 11.0. The first kappa shape index (κ1) is 28.4. The highest BCUT2D eigenvalue weighted by molar-refractivity contribution is 7.92. The van der Waals surface area contributed by atoms with E-state index in [1.54, 1.807) is 43.0 Å². The number of rotatable bonds is 6. The van der Waals surface area contributed by atoms with Gasteiger partial charge in [-0.05, 0) is 62.9 Å². The van der Waals surface area contributed by atoms with Crippen LogP contribution in [0.1, 0.15) is 39.2 Å². The fourth-order valence-electron chi connectivity index (χ4n) is 5.80. The number of sulfone groups is 1. The number of piperidine rings is 1. The van der Waals surface area contributed by atoms with Crippen LogP contribution in [-0.2, 0) is 16.4 Å². The fraction of sp³-hybridized carbons (Fsp3) is 0.323. The molecular formula is C31H34N4O5S. The van der Waals surface area contributed by atoms with Crippen molar-refractivity contribution in [2.24, 2.45) is 4.99 Å². The molecule has 3 amide bonds. The maximum absolute atomic E-state index is 13.7. The third-order valence-electron chi connectivity index (χ3n) is 8.01. The van der Waals surface area contributed by atoms with E-state index in [0.29, 0.717) is 30.9 Å². The molecule has 2 aliphatic heterocycles. The van der Waals surface area contributed by atoms with Crippen LogP contribution in [0, 0.1) is 0 Å². The SMILES string of the molecule is CC(C)S(=O)(=O)c1ccc(-c2ccccc2N2C(=O)N=C(NCc3ccccc3)[C@@]23CCN(C(=O)O)[C@H](C)C3)cc1. The van der Waals surface area contributed by atoms with Gasteiger partial charge >= 0.3 is 12.1 Å². The van der Waals surface area contributed by atoms with Gasteiger partial charge in [0.2, 0.25) is 0 Å². The lowest BCUT2D eigenvalue weighted by Crippen LogP contribution is -2.63. The van der Waals surface area contributed by atoms with Gasteiger partial charge in [0.05, 0.1) is 15.8 Å². The Labute approximate surface area is 240 Å². The molecule has 9 nitrogen and oxygen atoms in total. The third kappa shape index (κ3) is 5.19. The Hall–Kier alpha value is -4.18. The van der Waals surface area contributed by atoms with E-state index < -0.39 is 32.8 Å². The predicted octanol–water partition coefficient (Wildman–Crippen LogP) is 5.57. The zero-order chi connectivity index (χ0) is 29.4. The van der Waals surface area contributed by atoms with Gasteiger partial charge in [-0.15, -0.1) is 0 Å². The van der Waals surface area contributed by atoms with Gasteiger partial charge in [-0.25, -0.2) is 18.0 Å². The number of amides is 3. The van der Waals surface area contributed by atoms with E-state index in [1.165, 1.54) is 4.90 Å². The molecule has 5 rings (SSSR count). The van der Waals surface area contributed by atoms with Gasteiger partial charge in [-0.2, -0.15) is 4.99 Å². The number of amidine groups is 1. The molecule has 1 spiro atoms. The number of anilines is 1. The molecule has 2 heterocycles. The van der Waals surface area contributed by atoms with Crippen LogP contribution in [0.2, 0.25) is 0 Å². The second-order valence-corrected chi connectivity index (χ2v) is 13.4. The number of benzene rings is 3. The Bertz CT molecular complexity index is 1590. The topological polar surface area (TPSA) is 119 Å². The van der Waals surface area contributed by atoms with E-state index in [9.17, 15) is 23.1 Å². The molecule has 0 aromatic heterocycles. The molecule has 1 fully saturated rings. The van der Waals surface area contributed by atoms with Gasteiger partial charge in [-0.1, -0.05) is 60.7 Å². The summed E-state index contributed by atoms with van der Waals surface area (Å²) in [6.07, 6.45) is -0.252. The quantitative estimate of drug-likeness (QED) is 0.398. The minimum absolute atomic E-state index is 0.244. The van der Waals surface area contributed by atoms with Crippen LogP contribution in [0.15, 0.2) is 88.8 Å². The first-order valence-electron chi connectivity index (χ1n) is 13.7. The van der Waals surface area contributed by atoms with Crippen molar-refractivity contribution in [1.29, 1.82) is 0 Å². The van der Waals surface area contributed by atoms with Crippen LogP contribution in [0.25, 0.3) is 11.1 Å². The van der Waals surface area contributed by atoms with Gasteiger partial charge in [0, 0.05) is 24.7 Å². The lowest BCUT2D eigenvalue weighted by Gasteiger charge is -2.47. The third-order valence-corrected chi connectivity index (χ3v) is 10.2. The maximum Gasteiger partial charge on any atom is 0.407 e. The summed E-state index contributed by atoms with van der Waals surface area (Å²) in [5.74, 6) is 0.524. The van der Waals surface area contributed by atoms with Crippen LogP contribution < -0.4 is 10.2 Å². The standard InChI is InChI=1S/C31H34N4O5S/c1-21(2)41(39,40)25-15-13-24(14-16-25)26-11-7-8-12-27(26)35-29(36)33-28(32-20-23-9-5-4-6-10-23)31(35)17-18-34(30(37)38)22(3)19-31/h4-16,21-22H,17-20H2,1-3H3,(H,37,38)(H,32,33,36)/t22-,31+/m1/s1. The molecule has 3 aromatic rings. The minimum atomic E-state index is -3.43. The summed E-state index contributed by atoms with van der Waals surface area (Å²) in [7, 11) is -3.43. The highest BCUT2D eigenvalue weighted by Crippen LogP contribution is 2.44. The largest absolute Gasteiger partial charge is 0.465 e. The molecule has 10 heteroatoms. The molecule has 0 bridgehead atoms. The molecule has 2 N–H and O–H groups in total. The Morgan fingerprint density at radius 3 is 2.34 bits per heavy atom. The lowest BCUT2D eigenvalue weighted by molar-refractivity contribution is 0.0997. The second-order valence-electron chi connectivity index (χ2n) is 10.9. The fourth-order valence-corrected chi connectivity index (χ4v) is 6.86. The number of likely N-dealkylation sites (tertiary alicyclic amines) is 1. The summed E-state index contributed by atoms with van der Waals surface area (Å²) in [6, 6.07) is 23.2. The molecular weight excluding hydrogens is 540 g/mol. The van der Waals surface area contributed by atoms with Crippen molar-refractivity contribution < 1.29 is 23.1 Å². The first-order valence-corrected chi connectivity index (χ1v) is 15.2. The van der Waals surface area contributed by atoms with Gasteiger partial charge in [0.25, 0.3) is 0 Å². The van der Waals surface area contributed by atoms with E-state index in [2.05, 4.69) is 10.3 Å². The summed E-state index contributed by atoms with van der Waals surface area (Å²) >= 11 is 0. The molecule has 0 saturated carbocycles. The van der Waals surface area contributed by atoms with Crippen molar-refractivity contribution in [3.63, 3.8) is 0 Å². The molecule has 41 heavy (non-hydrogen) atoms. The molecule has 0 unspecified atom stereocenters. The van der Waals surface area contributed by atoms with Crippen molar-refractivity contribution in [3.05, 3.63) is 84.4 Å². The minimum Gasteiger partial charge on any atom is -0.465 e. The van der Waals surface area contributed by atoms with Crippen molar-refractivity contribution in [2.75, 3.05) is 11.4 Å². The number of nitrogens with one attached hydrogen (secondary N) is 1. The van der Waals surface area contributed by atoms with E-state index >= 15 is 0 Å². The van der Waals surface area contributed by atoms with Gasteiger partial charge in [-0.3, -0.25) is 4.90 Å². The molecule has 1 saturated heterocycles. The van der Waals surface area contributed by atoms with Crippen LogP contribution in [0.3, 0.4) is 0 Å². The summed E-state index contributed by atoms with van der Waals surface area (Å²) in [5.41, 5.74) is 2.29. The summed E-state index contributed by atoms with van der Waals surface area (Å²) in [6.45, 7) is 5.86. The summed E-state index contributed by atoms with van der Waals surface area (Å²) in [4.78, 5) is 33.5. The molecule has 3 aromatic carbocycles. The van der Waals surface area contributed by atoms with E-state index in [1.807, 2.05) is 61.5 Å². The summed E-state index contributed by atoms with van der Waals surface area (Å²) < 4.78 is 25.4. The number of carbonyl (C=O) groups is 2. The number of hydrogen-bond acceptors (Lipinski definition) is 5. The zero-order valence-corrected chi connectivity index (χ0v) is 24.1. The molecule has 2 aliphatic rings. The van der Waals surface area contributed by atoms with E-state index in [4.69, 9.17) is 0 Å². The monoisotopic (exact) mass is 574 g/mol. The zero-order valence-electron chi connectivity index (χ0n) is 23.3. The van der Waals surface area contributed by atoms with Crippen LogP contribution >= 0.6 is 0 Å². The number of carboxylic acid groups (broad SMARTS) is 1. The number of aliphatic imine (C=N–C) groups is 1. The van der Waals surface area contributed by atoms with Crippen molar-refractivity contribution >= 4 is 33.5 Å². The Balaban J connectivity index is 1.55. The molecule has 0 radical (unpaired) electrons. The molecule has 2 atom stereocenters. The Morgan fingerprint density at radius 1 is 1.05 bits per heavy atom. The van der Waals surface area contributed by atoms with E-state index in [0.717, 1.165) is 16.7 Å². The number of carbonyl (C=O) groups excluding carboxylic acids is 1. The average molecular weight is 575 g/mol. The highest BCUT2D eigenvalue weighted by Gasteiger charge is 2.54. The van der Waals surface area contributed by atoms with Gasteiger partial charge < -0.3 is 15.3 Å². The van der Waals surface area contributed by atoms with Crippen molar-refractivity contribution in [1.82, 2.24) is 10.2 Å².